The fourth-order valence-corrected chi connectivity index (χ4v) is 1.01. The Morgan fingerprint density at radius 2 is 2.47 bits per heavy atom. The lowest BCUT2D eigenvalue weighted by Crippen LogP contribution is -2.32. The van der Waals surface area contributed by atoms with Gasteiger partial charge >= 0.3 is 0 Å². The molecule has 0 atom stereocenters. The largest absolute Gasteiger partial charge is 0.594 e. The van der Waals surface area contributed by atoms with Crippen molar-refractivity contribution < 1.29 is 9.58 Å². The Hall–Kier alpha value is -1.85. The fourth-order valence-electron chi connectivity index (χ4n) is 1.01. The van der Waals surface area contributed by atoms with E-state index in [1.54, 1.807) is 13.1 Å². The summed E-state index contributed by atoms with van der Waals surface area (Å²) in [6.07, 6.45) is 2.67. The number of anilines is 1. The monoisotopic (exact) mass is 210 g/mol. The van der Waals surface area contributed by atoms with Crippen LogP contribution < -0.4 is 9.85 Å². The first-order chi connectivity index (χ1) is 7.15. The molecule has 0 fully saturated rings. The molecule has 0 spiro atoms. The van der Waals surface area contributed by atoms with Gasteiger partial charge in [-0.25, -0.2) is 5.01 Å². The van der Waals surface area contributed by atoms with Crippen LogP contribution in [0.4, 0.5) is 5.82 Å². The molecule has 0 aliphatic carbocycles. The number of hydrazone groups is 1. The van der Waals surface area contributed by atoms with Crippen molar-refractivity contribution >= 4 is 12.2 Å². The highest BCUT2D eigenvalue weighted by atomic mass is 16.5. The summed E-state index contributed by atoms with van der Waals surface area (Å²) in [4.78, 5) is 0.495. The van der Waals surface area contributed by atoms with E-state index >= 15 is 0 Å². The van der Waals surface area contributed by atoms with Gasteiger partial charge in [0.2, 0.25) is 12.0 Å². The maximum absolute atomic E-state index is 11.0. The van der Waals surface area contributed by atoms with E-state index in [2.05, 4.69) is 10.2 Å². The first-order valence-electron chi connectivity index (χ1n) is 4.60. The van der Waals surface area contributed by atoms with Gasteiger partial charge in [0.05, 0.1) is 6.61 Å². The van der Waals surface area contributed by atoms with Crippen LogP contribution in [0.2, 0.25) is 0 Å². The van der Waals surface area contributed by atoms with Crippen molar-refractivity contribution in [2.24, 2.45) is 5.10 Å². The van der Waals surface area contributed by atoms with Gasteiger partial charge < -0.3 is 9.94 Å². The lowest BCUT2D eigenvalue weighted by atomic mass is 10.3. The molecule has 0 bridgehead atoms. The van der Waals surface area contributed by atoms with Crippen LogP contribution in [-0.2, 0) is 4.74 Å². The zero-order valence-corrected chi connectivity index (χ0v) is 9.04. The number of aryl methyl sites for hydroxylation is 1. The third-order valence-corrected chi connectivity index (χ3v) is 1.77. The number of ether oxygens (including phenoxy) is 1. The highest BCUT2D eigenvalue weighted by Crippen LogP contribution is 2.11. The topological polar surface area (TPSA) is 64.7 Å². The highest BCUT2D eigenvalue weighted by molar-refractivity contribution is 5.51. The average molecular weight is 210 g/mol. The summed E-state index contributed by atoms with van der Waals surface area (Å²) in [7, 11) is 1.70. The van der Waals surface area contributed by atoms with Crippen molar-refractivity contribution in [2.75, 3.05) is 18.7 Å². The minimum absolute atomic E-state index is 0.495. The summed E-state index contributed by atoms with van der Waals surface area (Å²) in [5, 5.41) is 20.2. The number of hydrogen-bond donors (Lipinski definition) is 0. The SMILES string of the molecule is CCOC=NN(C)c1n[n+]([O-])ccc1C. The molecule has 0 aliphatic rings. The van der Waals surface area contributed by atoms with Gasteiger partial charge in [0.25, 0.3) is 0 Å². The predicted octanol–water partition coefficient (Wildman–Crippen LogP) is 0.439. The molecule has 1 rings (SSSR count). The zero-order chi connectivity index (χ0) is 11.3. The summed E-state index contributed by atoms with van der Waals surface area (Å²) >= 11 is 0. The lowest BCUT2D eigenvalue weighted by molar-refractivity contribution is -0.668. The predicted molar refractivity (Wildman–Crippen MR) is 56.5 cm³/mol. The fraction of sp³-hybridized carbons (Fsp3) is 0.444. The van der Waals surface area contributed by atoms with E-state index in [1.807, 2.05) is 13.8 Å². The Morgan fingerprint density at radius 1 is 1.73 bits per heavy atom. The lowest BCUT2D eigenvalue weighted by Gasteiger charge is -2.11. The molecule has 0 amide bonds. The van der Waals surface area contributed by atoms with Gasteiger partial charge in [0.1, 0.15) is 0 Å². The molecule has 1 aromatic heterocycles. The van der Waals surface area contributed by atoms with Crippen LogP contribution in [0.5, 0.6) is 0 Å². The third kappa shape index (κ3) is 3.08. The summed E-state index contributed by atoms with van der Waals surface area (Å²) in [6.45, 7) is 4.28. The number of rotatable bonds is 4. The Labute approximate surface area is 88.4 Å². The van der Waals surface area contributed by atoms with Crippen molar-refractivity contribution in [3.05, 3.63) is 23.0 Å². The molecule has 15 heavy (non-hydrogen) atoms. The normalized spacial score (nSPS) is 10.6. The number of hydrogen-bond acceptors (Lipinski definition) is 5. The van der Waals surface area contributed by atoms with E-state index in [4.69, 9.17) is 4.74 Å². The van der Waals surface area contributed by atoms with E-state index in [9.17, 15) is 5.21 Å². The zero-order valence-electron chi connectivity index (χ0n) is 9.04. The Kier molecular flexibility index (Phi) is 3.84. The molecule has 1 aromatic rings. The van der Waals surface area contributed by atoms with Crippen LogP contribution in [0.3, 0.4) is 0 Å². The molecule has 0 aliphatic heterocycles. The molecule has 0 aromatic carbocycles. The molecule has 6 nitrogen and oxygen atoms in total. The quantitative estimate of drug-likeness (QED) is 0.238. The van der Waals surface area contributed by atoms with Gasteiger partial charge in [0, 0.05) is 23.8 Å². The average Bonchev–Trinajstić information content (AvgIpc) is 2.22. The van der Waals surface area contributed by atoms with Crippen molar-refractivity contribution in [2.45, 2.75) is 13.8 Å². The van der Waals surface area contributed by atoms with Gasteiger partial charge in [-0.3, -0.25) is 0 Å². The van der Waals surface area contributed by atoms with Crippen molar-refractivity contribution in [1.29, 1.82) is 0 Å². The summed E-state index contributed by atoms with van der Waals surface area (Å²) in [6, 6.07) is 1.68. The van der Waals surface area contributed by atoms with Gasteiger partial charge in [-0.1, -0.05) is 4.85 Å². The summed E-state index contributed by atoms with van der Waals surface area (Å²) in [5.74, 6) is 0.503. The van der Waals surface area contributed by atoms with Crippen LogP contribution in [0, 0.1) is 12.1 Å². The molecule has 82 valence electrons. The second-order valence-corrected chi connectivity index (χ2v) is 2.92. The van der Waals surface area contributed by atoms with E-state index in [1.165, 1.54) is 17.6 Å². The van der Waals surface area contributed by atoms with E-state index < -0.39 is 0 Å². The maximum Gasteiger partial charge on any atom is 0.221 e. The second-order valence-electron chi connectivity index (χ2n) is 2.92. The van der Waals surface area contributed by atoms with Gasteiger partial charge in [-0.2, -0.15) is 0 Å². The number of aromatic nitrogens is 2. The third-order valence-electron chi connectivity index (χ3n) is 1.77. The first kappa shape index (κ1) is 11.2. The van der Waals surface area contributed by atoms with Crippen LogP contribution in [0.15, 0.2) is 17.4 Å². The van der Waals surface area contributed by atoms with Gasteiger partial charge in [0.15, 0.2) is 6.40 Å². The summed E-state index contributed by atoms with van der Waals surface area (Å²) in [5.41, 5.74) is 0.873. The van der Waals surface area contributed by atoms with Gasteiger partial charge in [-0.05, 0) is 13.8 Å². The number of nitrogens with zero attached hydrogens (tertiary/aromatic N) is 4. The van der Waals surface area contributed by atoms with E-state index in [0.29, 0.717) is 17.3 Å². The molecule has 1 heterocycles. The Bertz CT molecular complexity index is 354. The molecular weight excluding hydrogens is 196 g/mol. The molecule has 0 radical (unpaired) electrons. The van der Waals surface area contributed by atoms with Gasteiger partial charge in [-0.15, -0.1) is 5.10 Å². The first-order valence-corrected chi connectivity index (χ1v) is 4.60. The molecule has 0 saturated heterocycles. The van der Waals surface area contributed by atoms with Crippen LogP contribution in [0.25, 0.3) is 0 Å². The van der Waals surface area contributed by atoms with Crippen LogP contribution in [-0.4, -0.2) is 25.2 Å². The van der Waals surface area contributed by atoms with Crippen LogP contribution in [0.1, 0.15) is 12.5 Å². The Morgan fingerprint density at radius 3 is 3.13 bits per heavy atom. The highest BCUT2D eigenvalue weighted by Gasteiger charge is 2.08. The van der Waals surface area contributed by atoms with E-state index in [-0.39, 0.29) is 0 Å². The van der Waals surface area contributed by atoms with Crippen LogP contribution >= 0.6 is 0 Å². The molecule has 0 N–H and O–H groups in total. The maximum atomic E-state index is 11.0. The molecular formula is C9H14N4O2. The van der Waals surface area contributed by atoms with Crippen molar-refractivity contribution in [3.8, 4) is 0 Å². The second kappa shape index (κ2) is 5.14. The molecule has 6 heteroatoms. The summed E-state index contributed by atoms with van der Waals surface area (Å²) < 4.78 is 4.95. The minimum atomic E-state index is 0.495. The minimum Gasteiger partial charge on any atom is -0.594 e. The van der Waals surface area contributed by atoms with E-state index in [0.717, 1.165) is 5.56 Å². The van der Waals surface area contributed by atoms with Crippen molar-refractivity contribution in [3.63, 3.8) is 0 Å². The standard InChI is InChI=1S/C9H14N4O2/c1-4-15-7-10-12(3)9-8(2)5-6-13(14)11-9/h5-7H,4H2,1-3H3. The molecule has 0 unspecified atom stereocenters. The Balaban J connectivity index is 2.80. The molecule has 0 saturated carbocycles. The smallest absolute Gasteiger partial charge is 0.221 e. The van der Waals surface area contributed by atoms with Crippen molar-refractivity contribution in [1.82, 2.24) is 5.10 Å².